The van der Waals surface area contributed by atoms with Crippen molar-refractivity contribution < 1.29 is 40.7 Å². The van der Waals surface area contributed by atoms with Crippen molar-refractivity contribution in [2.75, 3.05) is 18.5 Å². The summed E-state index contributed by atoms with van der Waals surface area (Å²) < 4.78 is 80.5. The number of carbonyl (C=O) groups is 2. The zero-order valence-electron chi connectivity index (χ0n) is 32.0. The summed E-state index contributed by atoms with van der Waals surface area (Å²) in [6.45, 7) is 14.1. The number of ether oxygens (including phenoxy) is 2. The Morgan fingerprint density at radius 3 is 2.40 bits per heavy atom. The molecular formula is C37H49ClF3N7O6S. The quantitative estimate of drug-likeness (QED) is 0.154. The lowest BCUT2D eigenvalue weighted by Crippen LogP contribution is -2.45. The van der Waals surface area contributed by atoms with Gasteiger partial charge in [-0.05, 0) is 109 Å². The molecule has 2 fully saturated rings. The summed E-state index contributed by atoms with van der Waals surface area (Å²) in [4.78, 5) is 36.2. The topological polar surface area (TPSA) is 158 Å². The van der Waals surface area contributed by atoms with Gasteiger partial charge in [-0.1, -0.05) is 31.5 Å². The van der Waals surface area contributed by atoms with E-state index in [2.05, 4.69) is 34.2 Å². The van der Waals surface area contributed by atoms with E-state index in [1.165, 1.54) is 41.2 Å². The van der Waals surface area contributed by atoms with Crippen LogP contribution in [0.15, 0.2) is 47.6 Å². The summed E-state index contributed by atoms with van der Waals surface area (Å²) in [5.74, 6) is -0.0684. The normalized spacial score (nSPS) is 18.5. The summed E-state index contributed by atoms with van der Waals surface area (Å²) in [6.07, 6.45) is -0.768. The molecule has 0 spiro atoms. The second-order valence-electron chi connectivity index (χ2n) is 16.3. The Morgan fingerprint density at radius 1 is 1.07 bits per heavy atom. The minimum Gasteiger partial charge on any atom is -0.477 e. The third-order valence-electron chi connectivity index (χ3n) is 9.99. The minimum absolute atomic E-state index is 0.0659. The lowest BCUT2D eigenvalue weighted by Gasteiger charge is -2.33. The van der Waals surface area contributed by atoms with Crippen molar-refractivity contribution >= 4 is 39.4 Å². The van der Waals surface area contributed by atoms with Crippen molar-refractivity contribution in [3.8, 4) is 11.7 Å². The molecule has 2 N–H and O–H groups in total. The van der Waals surface area contributed by atoms with Crippen molar-refractivity contribution in [1.29, 1.82) is 0 Å². The third kappa shape index (κ3) is 10.4. The number of aromatic nitrogens is 4. The zero-order valence-corrected chi connectivity index (χ0v) is 33.6. The van der Waals surface area contributed by atoms with Gasteiger partial charge in [0.15, 0.2) is 10.8 Å². The largest absolute Gasteiger partial charge is 0.477 e. The second-order valence-corrected chi connectivity index (χ2v) is 18.3. The van der Waals surface area contributed by atoms with Crippen LogP contribution in [0.5, 0.6) is 5.88 Å². The Kier molecular flexibility index (Phi) is 12.1. The van der Waals surface area contributed by atoms with E-state index in [1.807, 2.05) is 39.3 Å². The number of nitrogens with one attached hydrogen (secondary N) is 2. The van der Waals surface area contributed by atoms with Crippen molar-refractivity contribution in [2.45, 2.75) is 115 Å². The van der Waals surface area contributed by atoms with E-state index >= 15 is 0 Å². The molecule has 3 aromatic rings. The molecule has 302 valence electrons. The molecule has 2 aliphatic rings. The zero-order chi connectivity index (χ0) is 40.6. The lowest BCUT2D eigenvalue weighted by atomic mass is 9.89. The first-order valence-corrected chi connectivity index (χ1v) is 20.1. The number of pyridine rings is 2. The standard InChI is InChI=1S/C37H49ClF3N7O6S/c1-23(2)26(13-11-24-21-35(6,7)47(22-24)33(50)54-34(3,4)5)42-27-9-8-10-30(43-27)55(51,52)46-32(49)25-12-14-28(44-31(25)38)48-19-15-29(45-48)53-20-18-36(16-17-36)37(39,40)41/h8-10,12,14-15,19,23-24,26H,11,13,16-18,20-22H2,1-7H3,(H,42,43)(H,46,49)/t24-,26?/m0/s1. The maximum Gasteiger partial charge on any atom is 0.410 e. The van der Waals surface area contributed by atoms with E-state index in [1.54, 1.807) is 11.0 Å². The van der Waals surface area contributed by atoms with E-state index in [9.17, 15) is 31.2 Å². The number of anilines is 1. The van der Waals surface area contributed by atoms with Gasteiger partial charge >= 0.3 is 12.3 Å². The van der Waals surface area contributed by atoms with Crippen LogP contribution in [-0.4, -0.2) is 81.6 Å². The first-order chi connectivity index (χ1) is 25.5. The van der Waals surface area contributed by atoms with Gasteiger partial charge in [-0.15, -0.1) is 5.10 Å². The molecule has 1 saturated heterocycles. The predicted octanol–water partition coefficient (Wildman–Crippen LogP) is 7.80. The molecule has 13 nitrogen and oxygen atoms in total. The molecule has 1 unspecified atom stereocenters. The number of amides is 2. The number of nitrogens with zero attached hydrogens (tertiary/aromatic N) is 5. The molecular weight excluding hydrogens is 763 g/mol. The molecule has 1 aliphatic carbocycles. The maximum atomic E-state index is 13.3. The number of sulfonamides is 1. The molecule has 0 bridgehead atoms. The summed E-state index contributed by atoms with van der Waals surface area (Å²) in [5, 5.41) is 6.82. The highest BCUT2D eigenvalue weighted by molar-refractivity contribution is 7.90. The lowest BCUT2D eigenvalue weighted by molar-refractivity contribution is -0.190. The van der Waals surface area contributed by atoms with Crippen LogP contribution in [0.1, 0.15) is 97.3 Å². The second kappa shape index (κ2) is 15.8. The van der Waals surface area contributed by atoms with Crippen LogP contribution >= 0.6 is 11.6 Å². The van der Waals surface area contributed by atoms with Gasteiger partial charge in [0, 0.05) is 30.4 Å². The predicted molar refractivity (Wildman–Crippen MR) is 200 cm³/mol. The van der Waals surface area contributed by atoms with Gasteiger partial charge in [-0.2, -0.15) is 21.6 Å². The fourth-order valence-electron chi connectivity index (χ4n) is 6.68. The summed E-state index contributed by atoms with van der Waals surface area (Å²) >= 11 is 6.30. The smallest absolute Gasteiger partial charge is 0.410 e. The fourth-order valence-corrected chi connectivity index (χ4v) is 7.85. The van der Waals surface area contributed by atoms with Crippen molar-refractivity contribution in [3.63, 3.8) is 0 Å². The number of hydrogen-bond donors (Lipinski definition) is 2. The van der Waals surface area contributed by atoms with Crippen LogP contribution in [0.25, 0.3) is 5.82 Å². The van der Waals surface area contributed by atoms with Gasteiger partial charge < -0.3 is 19.7 Å². The highest BCUT2D eigenvalue weighted by atomic mass is 35.5. The Balaban J connectivity index is 1.17. The van der Waals surface area contributed by atoms with E-state index in [4.69, 9.17) is 21.1 Å². The number of alkyl halides is 3. The van der Waals surface area contributed by atoms with Crippen LogP contribution in [0, 0.1) is 17.3 Å². The molecule has 0 aromatic carbocycles. The molecule has 2 atom stereocenters. The van der Waals surface area contributed by atoms with Crippen LogP contribution in [0.3, 0.4) is 0 Å². The van der Waals surface area contributed by atoms with Crippen molar-refractivity contribution in [1.82, 2.24) is 29.4 Å². The van der Waals surface area contributed by atoms with Crippen molar-refractivity contribution in [2.24, 2.45) is 17.3 Å². The van der Waals surface area contributed by atoms with Crippen LogP contribution in [0.4, 0.5) is 23.8 Å². The summed E-state index contributed by atoms with van der Waals surface area (Å²) in [5.41, 5.74) is -2.86. The molecule has 3 aromatic heterocycles. The fraction of sp³-hybridized carbons (Fsp3) is 0.595. The number of likely N-dealkylation sites (tertiary alicyclic amines) is 1. The molecule has 4 heterocycles. The average molecular weight is 812 g/mol. The molecule has 5 rings (SSSR count). The minimum atomic E-state index is -4.44. The molecule has 1 aliphatic heterocycles. The molecule has 1 saturated carbocycles. The van der Waals surface area contributed by atoms with Gasteiger partial charge in [0.25, 0.3) is 15.9 Å². The number of rotatable bonds is 14. The monoisotopic (exact) mass is 811 g/mol. The Bertz CT molecular complexity index is 1980. The van der Waals surface area contributed by atoms with Crippen LogP contribution in [-0.2, 0) is 14.8 Å². The van der Waals surface area contributed by atoms with Crippen LogP contribution < -0.4 is 14.8 Å². The van der Waals surface area contributed by atoms with Gasteiger partial charge in [-0.3, -0.25) is 4.79 Å². The Hall–Kier alpha value is -4.12. The number of carbonyl (C=O) groups excluding carboxylic acids is 2. The van der Waals surface area contributed by atoms with Gasteiger partial charge in [0.1, 0.15) is 16.6 Å². The molecule has 2 amide bonds. The summed E-state index contributed by atoms with van der Waals surface area (Å²) in [6, 6.07) is 8.48. The average Bonchev–Trinajstić information content (AvgIpc) is 3.61. The highest BCUT2D eigenvalue weighted by Crippen LogP contribution is 2.59. The Labute approximate surface area is 324 Å². The molecule has 0 radical (unpaired) electrons. The first kappa shape index (κ1) is 42.0. The van der Waals surface area contributed by atoms with Gasteiger partial charge in [0.2, 0.25) is 5.88 Å². The molecule has 55 heavy (non-hydrogen) atoms. The van der Waals surface area contributed by atoms with E-state index in [-0.39, 0.29) is 82.8 Å². The Morgan fingerprint density at radius 2 is 1.78 bits per heavy atom. The molecule has 18 heteroatoms. The number of halogens is 4. The number of hydrogen-bond acceptors (Lipinski definition) is 10. The van der Waals surface area contributed by atoms with Gasteiger partial charge in [-0.25, -0.2) is 24.2 Å². The highest BCUT2D eigenvalue weighted by Gasteiger charge is 2.62. The third-order valence-corrected chi connectivity index (χ3v) is 11.5. The van der Waals surface area contributed by atoms with E-state index in [0.717, 1.165) is 19.3 Å². The van der Waals surface area contributed by atoms with Crippen molar-refractivity contribution in [3.05, 3.63) is 53.3 Å². The van der Waals surface area contributed by atoms with Crippen LogP contribution in [0.2, 0.25) is 5.15 Å². The SMILES string of the molecule is CC(C)C(CC[C@@H]1CN(C(=O)OC(C)(C)C)C(C)(C)C1)Nc1cccc(S(=O)(=O)NC(=O)c2ccc(-n3ccc(OCCC4(C(F)(F)F)CC4)n3)nc2Cl)n1. The summed E-state index contributed by atoms with van der Waals surface area (Å²) in [7, 11) is -4.44. The van der Waals surface area contributed by atoms with E-state index < -0.39 is 33.1 Å². The maximum absolute atomic E-state index is 13.3. The van der Waals surface area contributed by atoms with E-state index in [0.29, 0.717) is 12.4 Å². The first-order valence-electron chi connectivity index (χ1n) is 18.2. The van der Waals surface area contributed by atoms with Gasteiger partial charge in [0.05, 0.1) is 17.6 Å².